The van der Waals surface area contributed by atoms with Crippen LogP contribution in [0.1, 0.15) is 0 Å². The van der Waals surface area contributed by atoms with E-state index in [-0.39, 0.29) is 227 Å². The zero-order valence-electron chi connectivity index (χ0n) is 21.2. The number of aliphatic hydroxyl groups is 9. The molecule has 0 aromatic carbocycles. The maximum Gasteiger partial charge on any atom is 1.00 e. The number of hydrogen-bond acceptors (Lipinski definition) is 18. The van der Waals surface area contributed by atoms with Gasteiger partial charge in [-0.1, -0.05) is 0 Å². The van der Waals surface area contributed by atoms with E-state index in [9.17, 15) is 29.7 Å². The molecule has 0 bridgehead atoms. The second kappa shape index (κ2) is 23.4. The molecule has 0 aromatic rings. The van der Waals surface area contributed by atoms with Crippen LogP contribution in [0.15, 0.2) is 0 Å². The van der Waals surface area contributed by atoms with Crippen molar-refractivity contribution in [3.8, 4) is 0 Å². The first-order chi connectivity index (χ1) is 16.6. The van der Waals surface area contributed by atoms with Crippen molar-refractivity contribution in [2.45, 2.75) is 73.2 Å². The molecule has 3 heterocycles. The number of rotatable bonds is 3. The Morgan fingerprint density at radius 1 is 0.436 bits per heavy atom. The van der Waals surface area contributed by atoms with Gasteiger partial charge in [-0.3, -0.25) is 0 Å². The summed E-state index contributed by atoms with van der Waals surface area (Å²) in [5.41, 5.74) is 0. The van der Waals surface area contributed by atoms with Crippen molar-refractivity contribution in [1.82, 2.24) is 0 Å². The molecular formula is C18H27Cs3O18. The van der Waals surface area contributed by atoms with Gasteiger partial charge in [0.1, 0.15) is 73.2 Å². The number of carbonyl (C=O) groups is 3. The molecule has 12 atom stereocenters. The van der Waals surface area contributed by atoms with Crippen molar-refractivity contribution in [2.75, 3.05) is 19.8 Å². The van der Waals surface area contributed by atoms with Crippen LogP contribution in [-0.2, 0) is 28.6 Å². The van der Waals surface area contributed by atoms with E-state index >= 15 is 0 Å². The molecule has 0 aromatic heterocycles. The molecule has 210 valence electrons. The molecule has 3 saturated heterocycles. The van der Waals surface area contributed by atoms with Gasteiger partial charge in [-0.2, -0.15) is 0 Å². The molecule has 0 saturated carbocycles. The summed E-state index contributed by atoms with van der Waals surface area (Å²) in [5, 5.41) is 111. The van der Waals surface area contributed by atoms with E-state index in [0.717, 1.165) is 0 Å². The zero-order chi connectivity index (χ0) is 27.9. The summed E-state index contributed by atoms with van der Waals surface area (Å²) in [6.45, 7) is -0.968. The Morgan fingerprint density at radius 2 is 0.615 bits per heavy atom. The molecule has 0 spiro atoms. The van der Waals surface area contributed by atoms with E-state index in [1.54, 1.807) is 0 Å². The molecule has 39 heavy (non-hydrogen) atoms. The first-order valence-electron chi connectivity index (χ1n) is 10.2. The van der Waals surface area contributed by atoms with Gasteiger partial charge in [-0.25, -0.2) is 0 Å². The number of aliphatic hydroxyl groups excluding tert-OH is 9. The molecule has 3 aliphatic heterocycles. The molecule has 0 radical (unpaired) electrons. The van der Waals surface area contributed by atoms with Crippen LogP contribution in [0.25, 0.3) is 0 Å². The van der Waals surface area contributed by atoms with E-state index in [2.05, 4.69) is 14.2 Å². The Hall–Kier alpha value is 4.09. The summed E-state index contributed by atoms with van der Waals surface area (Å²) in [6.07, 6.45) is -17.9. The Labute approximate surface area is 397 Å². The van der Waals surface area contributed by atoms with Crippen molar-refractivity contribution in [2.24, 2.45) is 0 Å². The van der Waals surface area contributed by atoms with Crippen LogP contribution in [0.4, 0.5) is 0 Å². The molecule has 3 rings (SSSR count). The van der Waals surface area contributed by atoms with Crippen LogP contribution in [-0.4, -0.2) is 157 Å². The van der Waals surface area contributed by atoms with Gasteiger partial charge in [-0.15, -0.1) is 0 Å². The number of carboxylic acid groups (broad SMARTS) is 3. The second-order valence-electron chi connectivity index (χ2n) is 7.86. The van der Waals surface area contributed by atoms with Gasteiger partial charge >= 0.3 is 207 Å². The number of carbonyl (C=O) groups excluding carboxylic acids is 3. The molecule has 0 amide bonds. The van der Waals surface area contributed by atoms with E-state index in [1.165, 1.54) is 0 Å². The topological polar surface area (TPSA) is 330 Å². The van der Waals surface area contributed by atoms with Crippen molar-refractivity contribution < 1.29 is 297 Å². The van der Waals surface area contributed by atoms with Gasteiger partial charge in [0.25, 0.3) is 0 Å². The van der Waals surface area contributed by atoms with Crippen molar-refractivity contribution >= 4 is 17.9 Å². The quantitative estimate of drug-likeness (QED) is 0.127. The monoisotopic (exact) mass is 930 g/mol. The maximum absolute atomic E-state index is 10.2. The number of ether oxygens (including phenoxy) is 3. The first kappa shape index (κ1) is 47.5. The third-order valence-corrected chi connectivity index (χ3v) is 5.20. The van der Waals surface area contributed by atoms with E-state index in [0.29, 0.717) is 0 Å². The van der Waals surface area contributed by atoms with Crippen molar-refractivity contribution in [3.63, 3.8) is 0 Å². The third-order valence-electron chi connectivity index (χ3n) is 5.20. The average molecular weight is 930 g/mol. The molecule has 3 aliphatic rings. The predicted octanol–water partition coefficient (Wildman–Crippen LogP) is -20.3. The predicted molar refractivity (Wildman–Crippen MR) is 98.3 cm³/mol. The Bertz CT molecular complexity index is 653. The largest absolute Gasteiger partial charge is 1.00 e. The van der Waals surface area contributed by atoms with Gasteiger partial charge in [0.15, 0.2) is 0 Å². The van der Waals surface area contributed by atoms with E-state index in [1.807, 2.05) is 0 Å². The molecule has 12 unspecified atom stereocenters. The fourth-order valence-corrected chi connectivity index (χ4v) is 3.04. The molecule has 3 fully saturated rings. The summed E-state index contributed by atoms with van der Waals surface area (Å²) >= 11 is 0. The smallest absolute Gasteiger partial charge is 0.547 e. The third kappa shape index (κ3) is 15.0. The summed E-state index contributed by atoms with van der Waals surface area (Å²) in [5.74, 6) is -4.81. The van der Waals surface area contributed by atoms with E-state index in [4.69, 9.17) is 46.0 Å². The van der Waals surface area contributed by atoms with E-state index < -0.39 is 91.2 Å². The van der Waals surface area contributed by atoms with Gasteiger partial charge < -0.3 is 89.9 Å². The van der Waals surface area contributed by atoms with Crippen molar-refractivity contribution in [3.05, 3.63) is 0 Å². The summed E-state index contributed by atoms with van der Waals surface area (Å²) in [6, 6.07) is 0. The number of carboxylic acids is 3. The molecule has 9 N–H and O–H groups in total. The van der Waals surface area contributed by atoms with Gasteiger partial charge in [0, 0.05) is 0 Å². The Kier molecular flexibility index (Phi) is 28.5. The minimum absolute atomic E-state index is 0. The van der Waals surface area contributed by atoms with Gasteiger partial charge in [-0.05, 0) is 0 Å². The van der Waals surface area contributed by atoms with Crippen LogP contribution in [0, 0.1) is 0 Å². The SMILES string of the molecule is O=C([O-])C1OCC(O)C(O)C1O.O=C([O-])C1OCC(O)C(O)C1O.O=C([O-])C1OCC(O)C(O)C1O.[Cs+].[Cs+].[Cs+]. The Balaban J connectivity index is -0.000000480. The standard InChI is InChI=1S/3C6H10O6.3Cs/c3*7-2-1-12-5(6(10)11)4(9)3(2)8;;;/h3*2-5,7-9H,1H2,(H,10,11);;;/q;;;3*+1/p-3. The molecule has 0 aliphatic carbocycles. The minimum Gasteiger partial charge on any atom is -0.547 e. The van der Waals surface area contributed by atoms with Gasteiger partial charge in [0.2, 0.25) is 0 Å². The maximum atomic E-state index is 10.2. The normalized spacial score (nSPS) is 39.3. The van der Waals surface area contributed by atoms with Crippen LogP contribution >= 0.6 is 0 Å². The fraction of sp³-hybridized carbons (Fsp3) is 0.833. The number of hydrogen-bond donors (Lipinski definition) is 9. The first-order valence-corrected chi connectivity index (χ1v) is 10.2. The molecule has 18 nitrogen and oxygen atoms in total. The second-order valence-corrected chi connectivity index (χ2v) is 7.86. The summed E-state index contributed by atoms with van der Waals surface area (Å²) < 4.78 is 13.5. The number of aliphatic carboxylic acids is 3. The molecule has 21 heteroatoms. The van der Waals surface area contributed by atoms with Crippen LogP contribution in [0.3, 0.4) is 0 Å². The fourth-order valence-electron chi connectivity index (χ4n) is 3.04. The van der Waals surface area contributed by atoms with Crippen molar-refractivity contribution in [1.29, 1.82) is 0 Å². The summed E-state index contributed by atoms with van der Waals surface area (Å²) in [7, 11) is 0. The van der Waals surface area contributed by atoms with Crippen LogP contribution in [0.2, 0.25) is 0 Å². The molecular weight excluding hydrogens is 903 g/mol. The zero-order valence-corrected chi connectivity index (χ0v) is 40.1. The van der Waals surface area contributed by atoms with Crippen LogP contribution in [0.5, 0.6) is 0 Å². The minimum atomic E-state index is -1.64. The van der Waals surface area contributed by atoms with Crippen LogP contribution < -0.4 is 222 Å². The Morgan fingerprint density at radius 3 is 0.769 bits per heavy atom. The van der Waals surface area contributed by atoms with Gasteiger partial charge in [0.05, 0.1) is 37.7 Å². The average Bonchev–Trinajstić information content (AvgIpc) is 2.79. The summed E-state index contributed by atoms with van der Waals surface area (Å²) in [4.78, 5) is 30.7.